The van der Waals surface area contributed by atoms with Gasteiger partial charge in [0.05, 0.1) is 39.6 Å². The van der Waals surface area contributed by atoms with Gasteiger partial charge in [0.1, 0.15) is 55.2 Å². The molecule has 0 radical (unpaired) electrons. The van der Waals surface area contributed by atoms with Crippen molar-refractivity contribution in [3.63, 3.8) is 0 Å². The number of ether oxygens (including phenoxy) is 5. The lowest BCUT2D eigenvalue weighted by molar-refractivity contribution is -0.147. The van der Waals surface area contributed by atoms with E-state index in [4.69, 9.17) is 53.9 Å². The van der Waals surface area contributed by atoms with Crippen molar-refractivity contribution in [1.82, 2.24) is 16.0 Å². The molecule has 3 amide bonds. The van der Waals surface area contributed by atoms with Gasteiger partial charge < -0.3 is 45.4 Å². The molecule has 9 atom stereocenters. The largest absolute Gasteiger partial charge is 0.444 e. The average Bonchev–Trinajstić information content (AvgIpc) is 3.90. The lowest BCUT2D eigenvalue weighted by atomic mass is 9.69. The van der Waals surface area contributed by atoms with Gasteiger partial charge in [-0.1, -0.05) is 39.3 Å². The van der Waals surface area contributed by atoms with Crippen LogP contribution in [-0.4, -0.2) is 113 Å². The van der Waals surface area contributed by atoms with E-state index in [9.17, 15) is 40.7 Å². The summed E-state index contributed by atoms with van der Waals surface area (Å²) in [6.45, 7) is 11.6. The zero-order valence-electron chi connectivity index (χ0n) is 43.6. The van der Waals surface area contributed by atoms with Crippen LogP contribution in [0.15, 0.2) is 54.6 Å². The van der Waals surface area contributed by atoms with E-state index in [0.717, 1.165) is 25.1 Å². The second-order valence-corrected chi connectivity index (χ2v) is 23.8. The Hall–Kier alpha value is -5.50. The number of carbonyl (C=O) groups is 3. The predicted octanol–water partition coefficient (Wildman–Crippen LogP) is 11.2. The molecule has 0 bridgehead atoms. The topological polar surface area (TPSA) is 184 Å². The Morgan fingerprint density at radius 2 is 0.861 bits per heavy atom. The lowest BCUT2D eigenvalue weighted by Crippen LogP contribution is -2.69. The normalized spacial score (nSPS) is 33.4. The third-order valence-electron chi connectivity index (χ3n) is 14.1. The van der Waals surface area contributed by atoms with E-state index in [1.807, 2.05) is 0 Å². The maximum Gasteiger partial charge on any atom is 0.412 e. The highest BCUT2D eigenvalue weighted by atomic mass is 32.1. The summed E-state index contributed by atoms with van der Waals surface area (Å²) >= 11 is 10.1. The molecular weight excluding hydrogens is 1100 g/mol. The van der Waals surface area contributed by atoms with E-state index in [1.165, 1.54) is 50.2 Å². The quantitative estimate of drug-likeness (QED) is 0.0807. The van der Waals surface area contributed by atoms with E-state index in [1.54, 1.807) is 41.5 Å². The van der Waals surface area contributed by atoms with Gasteiger partial charge >= 0.3 is 12.2 Å². The number of alkyl halides is 6. The number of piperidine rings is 3. The molecule has 79 heavy (non-hydrogen) atoms. The zero-order chi connectivity index (χ0) is 57.4. The molecule has 438 valence electrons. The fraction of sp³-hybridized carbons (Fsp3) is 0.574. The molecule has 0 aliphatic carbocycles. The number of nitrogens with one attached hydrogen (secondary N) is 5. The molecule has 6 aliphatic rings. The Balaban J connectivity index is 0.000000218. The van der Waals surface area contributed by atoms with Crippen LogP contribution in [0.2, 0.25) is 0 Å². The van der Waals surface area contributed by atoms with Crippen LogP contribution in [-0.2, 0) is 45.1 Å². The minimum absolute atomic E-state index is 0. The molecule has 0 saturated carbocycles. The molecule has 7 N–H and O–H groups in total. The zero-order valence-corrected chi connectivity index (χ0v) is 45.3. The first-order valence-corrected chi connectivity index (χ1v) is 25.1. The second kappa shape index (κ2) is 21.8. The van der Waals surface area contributed by atoms with E-state index < -0.39 is 130 Å². The number of rotatable bonds is 5. The molecule has 6 fully saturated rings. The number of halogens is 9. The van der Waals surface area contributed by atoms with Gasteiger partial charge in [-0.3, -0.25) is 15.4 Å². The summed E-state index contributed by atoms with van der Waals surface area (Å²) in [5, 5.41) is 12.6. The van der Waals surface area contributed by atoms with Crippen LogP contribution in [0.5, 0.6) is 0 Å². The van der Waals surface area contributed by atoms with Gasteiger partial charge in [-0.2, -0.15) is 0 Å². The lowest BCUT2D eigenvalue weighted by Gasteiger charge is -2.48. The summed E-state index contributed by atoms with van der Waals surface area (Å²) in [6, 6.07) is 11.1. The molecule has 25 heteroatoms. The molecule has 6 aliphatic heterocycles. The van der Waals surface area contributed by atoms with E-state index in [2.05, 4.69) is 26.6 Å². The minimum Gasteiger partial charge on any atom is -0.444 e. The number of benzene rings is 3. The molecule has 0 aromatic heterocycles. The summed E-state index contributed by atoms with van der Waals surface area (Å²) in [5.74, 6) is -3.21. The van der Waals surface area contributed by atoms with Gasteiger partial charge in [0.25, 0.3) is 5.91 Å². The first-order valence-electron chi connectivity index (χ1n) is 24.3. The first-order chi connectivity index (χ1) is 35.3. The maximum atomic E-state index is 15.8. The van der Waals surface area contributed by atoms with Crippen LogP contribution in [0, 0.1) is 17.5 Å². The molecule has 6 heterocycles. The molecule has 0 spiro atoms. The summed E-state index contributed by atoms with van der Waals surface area (Å²) in [5.41, 5.74) is -13.8. The van der Waals surface area contributed by atoms with Gasteiger partial charge in [0.2, 0.25) is 0 Å². The van der Waals surface area contributed by atoms with Gasteiger partial charge in [-0.05, 0) is 117 Å². The number of carbonyl (C=O) groups excluding carboxylic acids is 3. The fourth-order valence-electron chi connectivity index (χ4n) is 10.4. The molecule has 3 aromatic rings. The highest BCUT2D eigenvalue weighted by Crippen LogP contribution is 2.54. The van der Waals surface area contributed by atoms with Crippen LogP contribution >= 0.6 is 24.4 Å². The van der Waals surface area contributed by atoms with E-state index >= 15 is 13.2 Å². The standard InChI is InChI=1S/C19H23F3N2O4.C19H23F3N2O3S.C14H15F3N2OS.2CH4/c1-16(2,3)28-15(26)23-11-5-6-13(20)12(7-11)19-10-27-9-18(19,22)8-17(4,21)14(25)24-19;1-16(2,3)27-15(25)23-11-5-6-13(20)12(7-11)19-10-26-9-18(19,22)8-17(4,21)14(28)24-19;1-12(16)5-13(17)6-20-7-14(13,19-11(12)21)9-4-8(18)2-3-10(9)15;;/h5-7H,8-10H2,1-4H3,(H,23,26)(H,24,25);5-7H,8-10H2,1-4H3,(H,23,25)(H,24,28);2-4H,5-7,18H2,1H3,(H,19,21);2*1H4/t2*17-,18-,19+;12-,13-,14+;;/m000../s1. The Morgan fingerprint density at radius 3 is 1.22 bits per heavy atom. The monoisotopic (exact) mass is 1160 g/mol. The smallest absolute Gasteiger partial charge is 0.412 e. The Kier molecular flexibility index (Phi) is 17.7. The molecule has 14 nitrogen and oxygen atoms in total. The Bertz CT molecular complexity index is 2740. The van der Waals surface area contributed by atoms with Crippen molar-refractivity contribution in [1.29, 1.82) is 0 Å². The van der Waals surface area contributed by atoms with Gasteiger partial charge in [0.15, 0.2) is 34.0 Å². The summed E-state index contributed by atoms with van der Waals surface area (Å²) < 4.78 is 160. The van der Waals surface area contributed by atoms with Crippen molar-refractivity contribution in [3.05, 3.63) is 88.7 Å². The number of hydrogen-bond acceptors (Lipinski definition) is 11. The van der Waals surface area contributed by atoms with E-state index in [0.29, 0.717) is 0 Å². The number of hydrogen-bond donors (Lipinski definition) is 6. The van der Waals surface area contributed by atoms with Gasteiger partial charge in [-0.25, -0.2) is 49.1 Å². The van der Waals surface area contributed by atoms with Crippen LogP contribution < -0.4 is 32.3 Å². The number of anilines is 3. The highest BCUT2D eigenvalue weighted by molar-refractivity contribution is 7.80. The van der Waals surface area contributed by atoms with Crippen molar-refractivity contribution in [2.45, 2.75) is 158 Å². The number of nitrogens with two attached hydrogens (primary N) is 1. The van der Waals surface area contributed by atoms with Crippen molar-refractivity contribution < 1.29 is 77.6 Å². The fourth-order valence-corrected chi connectivity index (χ4v) is 10.9. The highest BCUT2D eigenvalue weighted by Gasteiger charge is 2.69. The Morgan fingerprint density at radius 1 is 0.544 bits per heavy atom. The van der Waals surface area contributed by atoms with E-state index in [-0.39, 0.29) is 85.0 Å². The number of thiocarbonyl (C=S) groups is 2. The molecule has 6 saturated heterocycles. The summed E-state index contributed by atoms with van der Waals surface area (Å²) in [7, 11) is 0. The summed E-state index contributed by atoms with van der Waals surface area (Å²) in [6.07, 6.45) is -3.33. The SMILES string of the molecule is C.C.CC(C)(C)OC(=O)Nc1ccc(F)c([C@]23COC[C@@]2(F)C[C@](C)(F)C(=O)N3)c1.CC(C)(C)OC(=O)Nc1ccc(F)c([C@]23COC[C@@]2(F)C[C@](C)(F)C(=S)N3)c1.C[C@]1(F)C[C@]2(F)COC[C@]2(c2cc(N)ccc2F)NC1=S. The molecule has 0 unspecified atom stereocenters. The maximum absolute atomic E-state index is 15.8. The summed E-state index contributed by atoms with van der Waals surface area (Å²) in [4.78, 5) is 35.8. The average molecular weight is 1170 g/mol. The predicted molar refractivity (Wildman–Crippen MR) is 288 cm³/mol. The van der Waals surface area contributed by atoms with Crippen LogP contribution in [0.25, 0.3) is 0 Å². The third-order valence-corrected chi connectivity index (χ3v) is 15.1. The second-order valence-electron chi connectivity index (χ2n) is 23.0. The number of fused-ring (bicyclic) bond motifs is 3. The van der Waals surface area contributed by atoms with Crippen molar-refractivity contribution in [3.8, 4) is 0 Å². The number of amides is 3. The van der Waals surface area contributed by atoms with Gasteiger partial charge in [0, 0.05) is 53.0 Å². The van der Waals surface area contributed by atoms with Crippen molar-refractivity contribution in [2.24, 2.45) is 0 Å². The van der Waals surface area contributed by atoms with Gasteiger partial charge in [-0.15, -0.1) is 0 Å². The van der Waals surface area contributed by atoms with Crippen LogP contribution in [0.1, 0.15) is 113 Å². The molecular formula is C54H69F9N6O8S2. The number of nitrogen functional groups attached to an aromatic ring is 1. The van der Waals surface area contributed by atoms with Crippen LogP contribution in [0.3, 0.4) is 0 Å². The van der Waals surface area contributed by atoms with Crippen LogP contribution in [0.4, 0.5) is 66.2 Å². The first kappa shape index (κ1) is 64.3. The Labute approximate surface area is 464 Å². The molecule has 3 aromatic carbocycles. The third kappa shape index (κ3) is 12.3. The minimum atomic E-state index is -2.45. The van der Waals surface area contributed by atoms with Crippen molar-refractivity contribution in [2.75, 3.05) is 56.0 Å². The molecule has 9 rings (SSSR count). The van der Waals surface area contributed by atoms with Crippen molar-refractivity contribution >= 4 is 69.6 Å².